The molecule has 0 aliphatic carbocycles. The average Bonchev–Trinajstić information content (AvgIpc) is 2.78. The first kappa shape index (κ1) is 9.77. The monoisotopic (exact) mass is 198 g/mol. The van der Waals surface area contributed by atoms with Gasteiger partial charge in [-0.15, -0.1) is 0 Å². The molecule has 1 atom stereocenters. The molecular weight excluding hydrogens is 180 g/mol. The lowest BCUT2D eigenvalue weighted by molar-refractivity contribution is 0.111. The van der Waals surface area contributed by atoms with Gasteiger partial charge in [-0.3, -0.25) is 0 Å². The smallest absolute Gasteiger partial charge is 0.409 e. The molecule has 0 bridgehead atoms. The quantitative estimate of drug-likeness (QED) is 0.678. The molecule has 2 rings (SSSR count). The van der Waals surface area contributed by atoms with E-state index in [1.54, 1.807) is 0 Å². The maximum Gasteiger partial charge on any atom is 0.409 e. The summed E-state index contributed by atoms with van der Waals surface area (Å²) in [5.74, 6) is 0. The highest BCUT2D eigenvalue weighted by Crippen LogP contribution is 2.36. The minimum atomic E-state index is -0.142. The molecule has 2 saturated heterocycles. The fraction of sp³-hybridized carbons (Fsp3) is 0.900. The van der Waals surface area contributed by atoms with E-state index < -0.39 is 0 Å². The van der Waals surface area contributed by atoms with Gasteiger partial charge in [-0.1, -0.05) is 0 Å². The zero-order valence-corrected chi connectivity index (χ0v) is 8.71. The number of hydrogen-bond donors (Lipinski definition) is 1. The van der Waals surface area contributed by atoms with E-state index in [4.69, 9.17) is 4.74 Å². The van der Waals surface area contributed by atoms with E-state index in [1.807, 2.05) is 11.8 Å². The van der Waals surface area contributed by atoms with Crippen LogP contribution in [0.4, 0.5) is 4.79 Å². The van der Waals surface area contributed by atoms with Crippen LogP contribution in [0.15, 0.2) is 0 Å². The third-order valence-electron chi connectivity index (χ3n) is 3.30. The van der Waals surface area contributed by atoms with Crippen LogP contribution >= 0.6 is 0 Å². The first-order valence-electron chi connectivity index (χ1n) is 5.38. The Morgan fingerprint density at radius 2 is 2.43 bits per heavy atom. The van der Waals surface area contributed by atoms with Crippen LogP contribution in [0.2, 0.25) is 0 Å². The summed E-state index contributed by atoms with van der Waals surface area (Å²) in [7, 11) is 0. The number of carbonyl (C=O) groups is 1. The van der Waals surface area contributed by atoms with Crippen molar-refractivity contribution in [3.63, 3.8) is 0 Å². The summed E-state index contributed by atoms with van der Waals surface area (Å²) in [6.07, 6.45) is 2.18. The number of hydrogen-bond acceptors (Lipinski definition) is 3. The van der Waals surface area contributed by atoms with Crippen molar-refractivity contribution in [2.45, 2.75) is 19.8 Å². The summed E-state index contributed by atoms with van der Waals surface area (Å²) in [5, 5.41) is 3.37. The fourth-order valence-corrected chi connectivity index (χ4v) is 2.45. The van der Waals surface area contributed by atoms with Gasteiger partial charge in [-0.2, -0.15) is 0 Å². The Bertz CT molecular complexity index is 224. The second-order valence-corrected chi connectivity index (χ2v) is 4.30. The largest absolute Gasteiger partial charge is 0.450 e. The van der Waals surface area contributed by atoms with Crippen LogP contribution in [0.3, 0.4) is 0 Å². The molecule has 1 spiro atoms. The number of carbonyl (C=O) groups excluding carboxylic acids is 1. The Morgan fingerprint density at radius 1 is 1.57 bits per heavy atom. The topological polar surface area (TPSA) is 41.6 Å². The van der Waals surface area contributed by atoms with E-state index in [-0.39, 0.29) is 6.09 Å². The van der Waals surface area contributed by atoms with Gasteiger partial charge >= 0.3 is 6.09 Å². The second-order valence-electron chi connectivity index (χ2n) is 4.30. The number of ether oxygens (including phenoxy) is 1. The maximum absolute atomic E-state index is 11.5. The molecule has 4 nitrogen and oxygen atoms in total. The second kappa shape index (κ2) is 3.77. The fourth-order valence-electron chi connectivity index (χ4n) is 2.45. The Hall–Kier alpha value is -0.770. The lowest BCUT2D eigenvalue weighted by Crippen LogP contribution is -2.33. The Morgan fingerprint density at radius 3 is 3.07 bits per heavy atom. The van der Waals surface area contributed by atoms with E-state index in [2.05, 4.69) is 5.32 Å². The maximum atomic E-state index is 11.5. The number of likely N-dealkylation sites (tertiary alicyclic amines) is 1. The Labute approximate surface area is 84.6 Å². The highest BCUT2D eigenvalue weighted by molar-refractivity contribution is 5.68. The van der Waals surface area contributed by atoms with E-state index in [0.29, 0.717) is 12.0 Å². The van der Waals surface area contributed by atoms with E-state index in [0.717, 1.165) is 32.6 Å². The first-order chi connectivity index (χ1) is 6.76. The number of nitrogens with one attached hydrogen (secondary N) is 1. The average molecular weight is 198 g/mol. The lowest BCUT2D eigenvalue weighted by atomic mass is 9.87. The minimum absolute atomic E-state index is 0.142. The summed E-state index contributed by atoms with van der Waals surface area (Å²) < 4.78 is 5.00. The molecule has 80 valence electrons. The summed E-state index contributed by atoms with van der Waals surface area (Å²) in [6.45, 7) is 6.21. The highest BCUT2D eigenvalue weighted by Gasteiger charge is 2.42. The van der Waals surface area contributed by atoms with Gasteiger partial charge in [0.15, 0.2) is 0 Å². The molecule has 0 aromatic carbocycles. The molecule has 0 radical (unpaired) electrons. The number of rotatable bonds is 1. The summed E-state index contributed by atoms with van der Waals surface area (Å²) in [4.78, 5) is 13.3. The van der Waals surface area contributed by atoms with E-state index >= 15 is 0 Å². The first-order valence-corrected chi connectivity index (χ1v) is 5.38. The van der Waals surface area contributed by atoms with Gasteiger partial charge in [0, 0.05) is 25.0 Å². The van der Waals surface area contributed by atoms with Crippen molar-refractivity contribution < 1.29 is 9.53 Å². The molecule has 0 aromatic heterocycles. The van der Waals surface area contributed by atoms with Crippen LogP contribution in [0.5, 0.6) is 0 Å². The Balaban J connectivity index is 1.90. The molecular formula is C10H18N2O2. The van der Waals surface area contributed by atoms with Crippen molar-refractivity contribution in [1.29, 1.82) is 0 Å². The number of nitrogens with zero attached hydrogens (tertiary/aromatic N) is 1. The minimum Gasteiger partial charge on any atom is -0.450 e. The van der Waals surface area contributed by atoms with Crippen molar-refractivity contribution >= 4 is 6.09 Å². The molecule has 2 heterocycles. The molecule has 2 aliphatic rings. The predicted molar refractivity (Wildman–Crippen MR) is 53.1 cm³/mol. The SMILES string of the molecule is CCOC(=O)N1CC[C@]2(CCNC2)C1. The molecule has 0 aromatic rings. The van der Waals surface area contributed by atoms with Crippen molar-refractivity contribution in [1.82, 2.24) is 10.2 Å². The van der Waals surface area contributed by atoms with Crippen LogP contribution in [0.25, 0.3) is 0 Å². The molecule has 2 fully saturated rings. The van der Waals surface area contributed by atoms with Gasteiger partial charge in [0.05, 0.1) is 6.61 Å². The van der Waals surface area contributed by atoms with Crippen molar-refractivity contribution in [3.05, 3.63) is 0 Å². The molecule has 0 unspecified atom stereocenters. The highest BCUT2D eigenvalue weighted by atomic mass is 16.6. The van der Waals surface area contributed by atoms with Crippen LogP contribution in [-0.4, -0.2) is 43.8 Å². The van der Waals surface area contributed by atoms with Crippen LogP contribution in [0, 0.1) is 5.41 Å². The lowest BCUT2D eigenvalue weighted by Gasteiger charge is -2.22. The molecule has 0 saturated carbocycles. The van der Waals surface area contributed by atoms with Crippen molar-refractivity contribution in [3.8, 4) is 0 Å². The van der Waals surface area contributed by atoms with Gasteiger partial charge in [0.2, 0.25) is 0 Å². The van der Waals surface area contributed by atoms with Crippen LogP contribution < -0.4 is 5.32 Å². The summed E-state index contributed by atoms with van der Waals surface area (Å²) in [6, 6.07) is 0. The third-order valence-corrected chi connectivity index (χ3v) is 3.30. The van der Waals surface area contributed by atoms with Crippen molar-refractivity contribution in [2.24, 2.45) is 5.41 Å². The molecule has 4 heteroatoms. The molecule has 2 aliphatic heterocycles. The zero-order chi connectivity index (χ0) is 10.0. The third kappa shape index (κ3) is 1.71. The summed E-state index contributed by atoms with van der Waals surface area (Å²) in [5.41, 5.74) is 0.354. The van der Waals surface area contributed by atoms with E-state index in [1.165, 1.54) is 6.42 Å². The standard InChI is InChI=1S/C10H18N2O2/c1-2-14-9(13)12-6-4-10(8-12)3-5-11-7-10/h11H,2-8H2,1H3/t10-/m0/s1. The van der Waals surface area contributed by atoms with Gasteiger partial charge in [0.25, 0.3) is 0 Å². The Kier molecular flexibility index (Phi) is 2.63. The van der Waals surface area contributed by atoms with E-state index in [9.17, 15) is 4.79 Å². The predicted octanol–water partition coefficient (Wildman–Crippen LogP) is 0.828. The molecule has 1 N–H and O–H groups in total. The van der Waals surface area contributed by atoms with Crippen molar-refractivity contribution in [2.75, 3.05) is 32.8 Å². The number of amides is 1. The molecule has 1 amide bonds. The van der Waals surface area contributed by atoms with Gasteiger partial charge < -0.3 is 15.0 Å². The normalized spacial score (nSPS) is 31.4. The van der Waals surface area contributed by atoms with Crippen LogP contribution in [-0.2, 0) is 4.74 Å². The zero-order valence-electron chi connectivity index (χ0n) is 8.71. The van der Waals surface area contributed by atoms with Gasteiger partial charge in [-0.05, 0) is 26.3 Å². The summed E-state index contributed by atoms with van der Waals surface area (Å²) >= 11 is 0. The molecule has 14 heavy (non-hydrogen) atoms. The van der Waals surface area contributed by atoms with Crippen LogP contribution in [0.1, 0.15) is 19.8 Å². The van der Waals surface area contributed by atoms with Gasteiger partial charge in [0.1, 0.15) is 0 Å². The van der Waals surface area contributed by atoms with Gasteiger partial charge in [-0.25, -0.2) is 4.79 Å².